The Labute approximate surface area is 118 Å². The normalized spacial score (nSPS) is 10.4. The van der Waals surface area contributed by atoms with E-state index < -0.39 is 0 Å². The molecule has 112 valence electrons. The zero-order valence-electron chi connectivity index (χ0n) is 12.7. The molecular weight excluding hydrogens is 240 g/mol. The van der Waals surface area contributed by atoms with E-state index in [0.29, 0.717) is 13.0 Å². The third-order valence-corrected chi connectivity index (χ3v) is 3.19. The Bertz CT molecular complexity index is 236. The molecule has 0 aliphatic rings. The van der Waals surface area contributed by atoms with Gasteiger partial charge in [-0.1, -0.05) is 58.3 Å². The molecule has 0 heterocycles. The van der Waals surface area contributed by atoms with E-state index in [1.165, 1.54) is 51.9 Å². The smallest absolute Gasteiger partial charge is 0.306 e. The van der Waals surface area contributed by atoms with Crippen molar-refractivity contribution in [3.8, 4) is 0 Å². The van der Waals surface area contributed by atoms with Crippen molar-refractivity contribution in [3.63, 3.8) is 0 Å². The van der Waals surface area contributed by atoms with E-state index in [4.69, 9.17) is 4.74 Å². The molecule has 0 amide bonds. The van der Waals surface area contributed by atoms with Gasteiger partial charge in [-0.15, -0.1) is 0 Å². The quantitative estimate of drug-likeness (QED) is 0.367. The Morgan fingerprint density at radius 1 is 0.789 bits per heavy atom. The van der Waals surface area contributed by atoms with Gasteiger partial charge in [0.1, 0.15) is 5.78 Å². The van der Waals surface area contributed by atoms with E-state index >= 15 is 0 Å². The number of rotatable bonds is 13. The van der Waals surface area contributed by atoms with Crippen LogP contribution in [0.3, 0.4) is 0 Å². The summed E-state index contributed by atoms with van der Waals surface area (Å²) in [7, 11) is 0. The largest absolute Gasteiger partial charge is 0.466 e. The van der Waals surface area contributed by atoms with Crippen LogP contribution in [-0.4, -0.2) is 18.4 Å². The molecule has 0 saturated carbocycles. The Balaban J connectivity index is 3.13. The second-order valence-electron chi connectivity index (χ2n) is 5.25. The predicted octanol–water partition coefficient (Wildman–Crippen LogP) is 4.43. The van der Waals surface area contributed by atoms with Gasteiger partial charge < -0.3 is 9.53 Å². The van der Waals surface area contributed by atoms with E-state index in [2.05, 4.69) is 6.92 Å². The molecule has 0 radical (unpaired) electrons. The number of esters is 1. The lowest BCUT2D eigenvalue weighted by Crippen LogP contribution is -2.07. The van der Waals surface area contributed by atoms with Gasteiger partial charge in [-0.25, -0.2) is 0 Å². The van der Waals surface area contributed by atoms with Crippen molar-refractivity contribution in [1.29, 1.82) is 0 Å². The van der Waals surface area contributed by atoms with E-state index in [1.54, 1.807) is 0 Å². The zero-order valence-corrected chi connectivity index (χ0v) is 12.7. The van der Waals surface area contributed by atoms with Crippen LogP contribution in [0.5, 0.6) is 0 Å². The van der Waals surface area contributed by atoms with E-state index in [0.717, 1.165) is 12.8 Å². The molecule has 0 N–H and O–H groups in total. The second kappa shape index (κ2) is 13.6. The lowest BCUT2D eigenvalue weighted by atomic mass is 10.1. The summed E-state index contributed by atoms with van der Waals surface area (Å²) >= 11 is 0. The van der Waals surface area contributed by atoms with Gasteiger partial charge in [0.15, 0.2) is 0 Å². The minimum absolute atomic E-state index is 0.0417. The minimum Gasteiger partial charge on any atom is -0.466 e. The lowest BCUT2D eigenvalue weighted by molar-refractivity contribution is -0.144. The fraction of sp³-hybridized carbons (Fsp3) is 0.875. The predicted molar refractivity (Wildman–Crippen MR) is 78.1 cm³/mol. The topological polar surface area (TPSA) is 43.4 Å². The van der Waals surface area contributed by atoms with Crippen molar-refractivity contribution in [2.45, 2.75) is 84.5 Å². The van der Waals surface area contributed by atoms with Crippen LogP contribution in [0.15, 0.2) is 0 Å². The molecule has 0 fully saturated rings. The first-order valence-corrected chi connectivity index (χ1v) is 7.82. The maximum Gasteiger partial charge on any atom is 0.306 e. The Morgan fingerprint density at radius 2 is 1.32 bits per heavy atom. The van der Waals surface area contributed by atoms with Gasteiger partial charge >= 0.3 is 5.97 Å². The summed E-state index contributed by atoms with van der Waals surface area (Å²) < 4.78 is 5.06. The van der Waals surface area contributed by atoms with Crippen molar-refractivity contribution >= 4 is 11.8 Å². The lowest BCUT2D eigenvalue weighted by Gasteiger charge is -2.04. The molecule has 0 bridgehead atoms. The van der Waals surface area contributed by atoms with Crippen LogP contribution in [0.1, 0.15) is 84.5 Å². The number of hydrogen-bond donors (Lipinski definition) is 0. The van der Waals surface area contributed by atoms with E-state index in [9.17, 15) is 9.59 Å². The van der Waals surface area contributed by atoms with Crippen molar-refractivity contribution in [2.75, 3.05) is 6.61 Å². The average molecular weight is 270 g/mol. The molecule has 0 saturated heterocycles. The molecule has 0 aromatic heterocycles. The van der Waals surface area contributed by atoms with Crippen LogP contribution in [0.2, 0.25) is 0 Å². The van der Waals surface area contributed by atoms with Gasteiger partial charge in [0.2, 0.25) is 0 Å². The molecule has 0 rings (SSSR count). The highest BCUT2D eigenvalue weighted by Gasteiger charge is 2.04. The van der Waals surface area contributed by atoms with Gasteiger partial charge in [0.25, 0.3) is 0 Å². The molecule has 0 aromatic carbocycles. The Morgan fingerprint density at radius 3 is 1.84 bits per heavy atom. The summed E-state index contributed by atoms with van der Waals surface area (Å²) in [4.78, 5) is 21.9. The summed E-state index contributed by atoms with van der Waals surface area (Å²) in [6, 6.07) is 0. The van der Waals surface area contributed by atoms with Crippen molar-refractivity contribution in [2.24, 2.45) is 0 Å². The van der Waals surface area contributed by atoms with Crippen LogP contribution in [-0.2, 0) is 14.3 Å². The fourth-order valence-corrected chi connectivity index (χ4v) is 1.95. The first-order chi connectivity index (χ1) is 9.16. The Kier molecular flexibility index (Phi) is 13.0. The number of Topliss-reactive ketones (excluding diaryl/α,β-unsaturated/α-hetero) is 1. The van der Waals surface area contributed by atoms with Crippen molar-refractivity contribution in [3.05, 3.63) is 0 Å². The summed E-state index contributed by atoms with van der Waals surface area (Å²) in [5.41, 5.74) is 0. The highest BCUT2D eigenvalue weighted by atomic mass is 16.5. The average Bonchev–Trinajstić information content (AvgIpc) is 2.38. The Hall–Kier alpha value is -0.860. The van der Waals surface area contributed by atoms with Crippen LogP contribution in [0, 0.1) is 0 Å². The first-order valence-electron chi connectivity index (χ1n) is 7.82. The minimum atomic E-state index is -0.241. The van der Waals surface area contributed by atoms with Crippen LogP contribution >= 0.6 is 0 Å². The molecule has 0 aliphatic heterocycles. The van der Waals surface area contributed by atoms with Gasteiger partial charge in [0, 0.05) is 6.42 Å². The van der Waals surface area contributed by atoms with Gasteiger partial charge in [-0.2, -0.15) is 0 Å². The summed E-state index contributed by atoms with van der Waals surface area (Å²) in [6.45, 7) is 4.23. The maximum absolute atomic E-state index is 11.2. The second-order valence-corrected chi connectivity index (χ2v) is 5.25. The molecule has 19 heavy (non-hydrogen) atoms. The third-order valence-electron chi connectivity index (χ3n) is 3.19. The van der Waals surface area contributed by atoms with Gasteiger partial charge in [-0.05, 0) is 13.3 Å². The highest BCUT2D eigenvalue weighted by molar-refractivity contribution is 5.80. The number of carbonyl (C=O) groups excluding carboxylic acids is 2. The molecule has 3 nitrogen and oxygen atoms in total. The molecule has 3 heteroatoms. The summed E-state index contributed by atoms with van der Waals surface area (Å²) in [5, 5.41) is 0. The number of hydrogen-bond acceptors (Lipinski definition) is 3. The van der Waals surface area contributed by atoms with Crippen LogP contribution in [0.25, 0.3) is 0 Å². The van der Waals surface area contributed by atoms with Crippen LogP contribution in [0.4, 0.5) is 0 Å². The monoisotopic (exact) mass is 270 g/mol. The van der Waals surface area contributed by atoms with Crippen LogP contribution < -0.4 is 0 Å². The van der Waals surface area contributed by atoms with Crippen molar-refractivity contribution < 1.29 is 14.3 Å². The number of ketones is 1. The van der Waals surface area contributed by atoms with E-state index in [1.807, 2.05) is 0 Å². The maximum atomic E-state index is 11.2. The SMILES string of the molecule is CCCCCCCCCCCOC(=O)CCC(C)=O. The molecule has 0 aliphatic carbocycles. The standard InChI is InChI=1S/C16H30O3/c1-3-4-5-6-7-8-9-10-11-14-19-16(18)13-12-15(2)17/h3-14H2,1-2H3. The molecule has 0 atom stereocenters. The fourth-order valence-electron chi connectivity index (χ4n) is 1.95. The highest BCUT2D eigenvalue weighted by Crippen LogP contribution is 2.09. The third kappa shape index (κ3) is 15.1. The van der Waals surface area contributed by atoms with Gasteiger partial charge in [-0.3, -0.25) is 4.79 Å². The van der Waals surface area contributed by atoms with Gasteiger partial charge in [0.05, 0.1) is 13.0 Å². The van der Waals surface area contributed by atoms with E-state index in [-0.39, 0.29) is 18.2 Å². The van der Waals surface area contributed by atoms with Crippen molar-refractivity contribution in [1.82, 2.24) is 0 Å². The molecule has 0 aromatic rings. The molecule has 0 unspecified atom stereocenters. The zero-order chi connectivity index (χ0) is 14.3. The first kappa shape index (κ1) is 18.1. The number of ether oxygens (including phenoxy) is 1. The summed E-state index contributed by atoms with van der Waals surface area (Å²) in [5.74, 6) is -0.199. The number of carbonyl (C=O) groups is 2. The molecular formula is C16H30O3. The number of unbranched alkanes of at least 4 members (excludes halogenated alkanes) is 8. The summed E-state index contributed by atoms with van der Waals surface area (Å²) in [6.07, 6.45) is 11.8. The molecule has 0 spiro atoms.